The van der Waals surface area contributed by atoms with Crippen LogP contribution >= 0.6 is 0 Å². The van der Waals surface area contributed by atoms with Crippen LogP contribution in [0.1, 0.15) is 38.0 Å². The van der Waals surface area contributed by atoms with Crippen LogP contribution in [0.3, 0.4) is 0 Å². The Bertz CT molecular complexity index is 763. The van der Waals surface area contributed by atoms with E-state index in [9.17, 15) is 14.4 Å². The van der Waals surface area contributed by atoms with E-state index in [1.807, 2.05) is 0 Å². The largest absolute Gasteiger partial charge is 0.465 e. The molecule has 0 aliphatic heterocycles. The summed E-state index contributed by atoms with van der Waals surface area (Å²) in [5.74, 6) is -1.19. The second-order valence-electron chi connectivity index (χ2n) is 5.04. The number of hydrogen-bond donors (Lipinski definition) is 1. The molecule has 2 aromatic rings. The molecule has 6 nitrogen and oxygen atoms in total. The second kappa shape index (κ2) is 7.41. The number of ether oxygens (including phenoxy) is 2. The summed E-state index contributed by atoms with van der Waals surface area (Å²) < 4.78 is 9.39. The summed E-state index contributed by atoms with van der Waals surface area (Å²) in [7, 11) is 2.52. The maximum atomic E-state index is 11.8. The zero-order chi connectivity index (χ0) is 17.7. The summed E-state index contributed by atoms with van der Waals surface area (Å²) in [6.07, 6.45) is 0. The van der Waals surface area contributed by atoms with Crippen LogP contribution in [-0.4, -0.2) is 31.9 Å². The number of rotatable bonds is 5. The fourth-order valence-corrected chi connectivity index (χ4v) is 2.15. The molecular formula is C18H17NO5. The van der Waals surface area contributed by atoms with Crippen LogP contribution < -0.4 is 5.32 Å². The summed E-state index contributed by atoms with van der Waals surface area (Å²) >= 11 is 0. The van der Waals surface area contributed by atoms with Gasteiger partial charge in [0, 0.05) is 16.9 Å². The summed E-state index contributed by atoms with van der Waals surface area (Å²) in [6, 6.07) is 11.4. The number of hydrogen-bond acceptors (Lipinski definition) is 6. The predicted molar refractivity (Wildman–Crippen MR) is 88.9 cm³/mol. The molecule has 0 bridgehead atoms. The molecule has 2 rings (SSSR count). The molecule has 124 valence electrons. The van der Waals surface area contributed by atoms with Gasteiger partial charge in [-0.15, -0.1) is 0 Å². The predicted octanol–water partition coefficient (Wildman–Crippen LogP) is 3.21. The van der Waals surface area contributed by atoms with Gasteiger partial charge in [0.1, 0.15) is 0 Å². The molecule has 0 aliphatic rings. The topological polar surface area (TPSA) is 81.7 Å². The molecule has 0 amide bonds. The number of carbonyl (C=O) groups excluding carboxylic acids is 3. The van der Waals surface area contributed by atoms with E-state index in [2.05, 4.69) is 5.32 Å². The van der Waals surface area contributed by atoms with Gasteiger partial charge >= 0.3 is 11.9 Å². The van der Waals surface area contributed by atoms with Gasteiger partial charge in [0.05, 0.1) is 25.3 Å². The first-order chi connectivity index (χ1) is 11.4. The van der Waals surface area contributed by atoms with Crippen molar-refractivity contribution in [1.29, 1.82) is 0 Å². The first kappa shape index (κ1) is 17.2. The third-order valence-electron chi connectivity index (χ3n) is 3.33. The van der Waals surface area contributed by atoms with E-state index < -0.39 is 11.9 Å². The lowest BCUT2D eigenvalue weighted by Gasteiger charge is -2.11. The van der Waals surface area contributed by atoms with Gasteiger partial charge in [0.2, 0.25) is 0 Å². The van der Waals surface area contributed by atoms with E-state index in [1.165, 1.54) is 27.2 Å². The Kier molecular flexibility index (Phi) is 5.31. The van der Waals surface area contributed by atoms with Crippen LogP contribution in [0.15, 0.2) is 42.5 Å². The minimum absolute atomic E-state index is 0.0581. The van der Waals surface area contributed by atoms with Gasteiger partial charge in [0.25, 0.3) is 0 Å². The molecule has 1 N–H and O–H groups in total. The number of carbonyl (C=O) groups is 3. The summed E-state index contributed by atoms with van der Waals surface area (Å²) in [5.41, 5.74) is 2.13. The second-order valence-corrected chi connectivity index (χ2v) is 5.04. The minimum atomic E-state index is -0.568. The standard InChI is InChI=1S/C18H17NO5/c1-11(20)12-5-4-6-15(8-12)19-16-9-13(17(21)23-2)7-14(10-16)18(22)24-3/h4-10,19H,1-3H3. The van der Waals surface area contributed by atoms with E-state index in [0.717, 1.165) is 0 Å². The molecule has 2 aromatic carbocycles. The number of nitrogens with one attached hydrogen (secondary N) is 1. The Morgan fingerprint density at radius 1 is 0.792 bits per heavy atom. The molecule has 0 spiro atoms. The maximum absolute atomic E-state index is 11.8. The van der Waals surface area contributed by atoms with Crippen molar-refractivity contribution in [3.8, 4) is 0 Å². The fraction of sp³-hybridized carbons (Fsp3) is 0.167. The molecule has 0 atom stereocenters. The highest BCUT2D eigenvalue weighted by atomic mass is 16.5. The molecule has 0 saturated carbocycles. The molecule has 0 unspecified atom stereocenters. The third-order valence-corrected chi connectivity index (χ3v) is 3.33. The van der Waals surface area contributed by atoms with Crippen LogP contribution in [0, 0.1) is 0 Å². The zero-order valence-electron chi connectivity index (χ0n) is 13.6. The van der Waals surface area contributed by atoms with Crippen LogP contribution in [-0.2, 0) is 9.47 Å². The lowest BCUT2D eigenvalue weighted by atomic mass is 10.1. The molecule has 0 radical (unpaired) electrons. The lowest BCUT2D eigenvalue weighted by Crippen LogP contribution is -2.08. The third kappa shape index (κ3) is 3.98. The van der Waals surface area contributed by atoms with E-state index in [0.29, 0.717) is 16.9 Å². The number of esters is 2. The summed E-state index contributed by atoms with van der Waals surface area (Å²) in [5, 5.41) is 3.07. The summed E-state index contributed by atoms with van der Waals surface area (Å²) in [6.45, 7) is 1.48. The van der Waals surface area contributed by atoms with Crippen molar-refractivity contribution < 1.29 is 23.9 Å². The van der Waals surface area contributed by atoms with Gasteiger partial charge < -0.3 is 14.8 Å². The SMILES string of the molecule is COC(=O)c1cc(Nc2cccc(C(C)=O)c2)cc(C(=O)OC)c1. The van der Waals surface area contributed by atoms with Gasteiger partial charge in [-0.25, -0.2) is 9.59 Å². The number of benzene rings is 2. The summed E-state index contributed by atoms with van der Waals surface area (Å²) in [4.78, 5) is 35.0. The van der Waals surface area contributed by atoms with Crippen molar-refractivity contribution in [2.45, 2.75) is 6.92 Å². The van der Waals surface area contributed by atoms with Crippen molar-refractivity contribution in [1.82, 2.24) is 0 Å². The Hall–Kier alpha value is -3.15. The van der Waals surface area contributed by atoms with E-state index in [4.69, 9.17) is 9.47 Å². The molecular weight excluding hydrogens is 310 g/mol. The van der Waals surface area contributed by atoms with Crippen molar-refractivity contribution in [2.24, 2.45) is 0 Å². The normalized spacial score (nSPS) is 9.96. The van der Waals surface area contributed by atoms with Gasteiger partial charge in [-0.3, -0.25) is 4.79 Å². The quantitative estimate of drug-likeness (QED) is 0.671. The van der Waals surface area contributed by atoms with E-state index >= 15 is 0 Å². The number of methoxy groups -OCH3 is 2. The van der Waals surface area contributed by atoms with Crippen LogP contribution in [0.4, 0.5) is 11.4 Å². The smallest absolute Gasteiger partial charge is 0.337 e. The highest BCUT2D eigenvalue weighted by molar-refractivity contribution is 5.98. The van der Waals surface area contributed by atoms with Gasteiger partial charge in [-0.1, -0.05) is 12.1 Å². The number of anilines is 2. The Balaban J connectivity index is 2.41. The van der Waals surface area contributed by atoms with Crippen molar-refractivity contribution in [3.63, 3.8) is 0 Å². The number of Topliss-reactive ketones (excluding diaryl/α,β-unsaturated/α-hetero) is 1. The lowest BCUT2D eigenvalue weighted by molar-refractivity contribution is 0.0599. The molecule has 0 fully saturated rings. The highest BCUT2D eigenvalue weighted by Gasteiger charge is 2.14. The minimum Gasteiger partial charge on any atom is -0.465 e. The molecule has 0 saturated heterocycles. The fourth-order valence-electron chi connectivity index (χ4n) is 2.15. The van der Waals surface area contributed by atoms with Gasteiger partial charge in [-0.2, -0.15) is 0 Å². The Morgan fingerprint density at radius 3 is 1.83 bits per heavy atom. The van der Waals surface area contributed by atoms with E-state index in [1.54, 1.807) is 36.4 Å². The monoisotopic (exact) mass is 327 g/mol. The van der Waals surface area contributed by atoms with E-state index in [-0.39, 0.29) is 16.9 Å². The highest BCUT2D eigenvalue weighted by Crippen LogP contribution is 2.22. The Labute approximate surface area is 139 Å². The zero-order valence-corrected chi connectivity index (χ0v) is 13.6. The van der Waals surface area contributed by atoms with Crippen LogP contribution in [0.25, 0.3) is 0 Å². The van der Waals surface area contributed by atoms with Crippen molar-refractivity contribution in [2.75, 3.05) is 19.5 Å². The maximum Gasteiger partial charge on any atom is 0.337 e. The number of ketones is 1. The first-order valence-corrected chi connectivity index (χ1v) is 7.14. The average molecular weight is 327 g/mol. The average Bonchev–Trinajstić information content (AvgIpc) is 2.60. The van der Waals surface area contributed by atoms with Crippen LogP contribution in [0.5, 0.6) is 0 Å². The molecule has 24 heavy (non-hydrogen) atoms. The van der Waals surface area contributed by atoms with Crippen LogP contribution in [0.2, 0.25) is 0 Å². The molecule has 0 aromatic heterocycles. The molecule has 0 heterocycles. The van der Waals surface area contributed by atoms with Gasteiger partial charge in [-0.05, 0) is 37.3 Å². The molecule has 6 heteroatoms. The molecule has 0 aliphatic carbocycles. The van der Waals surface area contributed by atoms with Gasteiger partial charge in [0.15, 0.2) is 5.78 Å². The van der Waals surface area contributed by atoms with Crippen molar-refractivity contribution >= 4 is 29.1 Å². The first-order valence-electron chi connectivity index (χ1n) is 7.14. The van der Waals surface area contributed by atoms with Crippen molar-refractivity contribution in [3.05, 3.63) is 59.2 Å². The Morgan fingerprint density at radius 2 is 1.33 bits per heavy atom.